The van der Waals surface area contributed by atoms with Crippen LogP contribution in [0.15, 0.2) is 50.6 Å². The van der Waals surface area contributed by atoms with Crippen LogP contribution in [-0.4, -0.2) is 120 Å². The Balaban J connectivity index is 1.91. The normalized spacial score (nSPS) is 20.6. The summed E-state index contributed by atoms with van der Waals surface area (Å²) in [5, 5.41) is 18.7. The van der Waals surface area contributed by atoms with Gasteiger partial charge in [-0.05, 0) is 42.8 Å². The molecule has 0 saturated heterocycles. The first-order chi connectivity index (χ1) is 29.3. The van der Waals surface area contributed by atoms with Crippen LogP contribution in [0.4, 0.5) is 14.5 Å². The lowest BCUT2D eigenvalue weighted by molar-refractivity contribution is -0.131. The van der Waals surface area contributed by atoms with E-state index in [1.165, 1.54) is 0 Å². The number of nitrogens with one attached hydrogen (secondary N) is 4. The molecule has 5 rings (SSSR count). The fourth-order valence-electron chi connectivity index (χ4n) is 6.75. The second-order valence-electron chi connectivity index (χ2n) is 14.1. The number of hydrogen-bond acceptors (Lipinski definition) is 17. The van der Waals surface area contributed by atoms with Crippen LogP contribution < -0.4 is 25.9 Å². The Labute approximate surface area is 360 Å². The highest BCUT2D eigenvalue weighted by Gasteiger charge is 2.39. The van der Waals surface area contributed by atoms with E-state index in [4.69, 9.17) is 15.6 Å². The number of ketones is 2. The van der Waals surface area contributed by atoms with Crippen molar-refractivity contribution in [2.24, 2.45) is 5.92 Å². The number of aromatic carboxylic acids is 1. The van der Waals surface area contributed by atoms with Gasteiger partial charge in [0.25, 0.3) is 30.4 Å². The number of carboxylic acid groups (broad SMARTS) is 1. The average Bonchev–Trinajstić information content (AvgIpc) is 3.13. The fraction of sp³-hybridized carbons (Fsp3) is 0.303. The summed E-state index contributed by atoms with van der Waals surface area (Å²) >= 11 is 0. The van der Waals surface area contributed by atoms with Crippen LogP contribution in [-0.2, 0) is 64.8 Å². The lowest BCUT2D eigenvalue weighted by atomic mass is 9.90. The van der Waals surface area contributed by atoms with Gasteiger partial charge in [0.05, 0.1) is 34.5 Å². The molecule has 24 nitrogen and oxygen atoms in total. The van der Waals surface area contributed by atoms with Crippen molar-refractivity contribution in [2.75, 3.05) is 29.5 Å². The maximum atomic E-state index is 16.0. The minimum atomic E-state index is -5.72. The average molecular weight is 1000 g/mol. The number of nitrogen functional groups attached to an aromatic ring is 1. The number of sulfonamides is 2. The first kappa shape index (κ1) is 49.6. The van der Waals surface area contributed by atoms with Gasteiger partial charge in [-0.15, -0.1) is 0 Å². The summed E-state index contributed by atoms with van der Waals surface area (Å²) < 4.78 is 198. The van der Waals surface area contributed by atoms with Crippen molar-refractivity contribution >= 4 is 90.5 Å². The number of rotatable bonds is 8. The Morgan fingerprint density at radius 2 is 1.39 bits per heavy atom. The smallest absolute Gasteiger partial charge is 0.339 e. The third kappa shape index (κ3) is 11.1. The van der Waals surface area contributed by atoms with Crippen LogP contribution in [0.3, 0.4) is 0 Å². The van der Waals surface area contributed by atoms with Gasteiger partial charge < -0.3 is 20.6 Å². The van der Waals surface area contributed by atoms with Gasteiger partial charge in [0.15, 0.2) is 27.8 Å². The molecule has 2 bridgehead atoms. The van der Waals surface area contributed by atoms with Crippen LogP contribution in [0.5, 0.6) is 0 Å². The molecule has 3 atom stereocenters. The van der Waals surface area contributed by atoms with Gasteiger partial charge in [-0.2, -0.15) is 30.0 Å². The van der Waals surface area contributed by atoms with Crippen molar-refractivity contribution in [3.8, 4) is 22.5 Å². The highest BCUT2D eigenvalue weighted by atomic mass is 32.2. The van der Waals surface area contributed by atoms with Gasteiger partial charge in [0.1, 0.15) is 33.9 Å². The molecule has 2 heterocycles. The summed E-state index contributed by atoms with van der Waals surface area (Å²) in [6.07, 6.45) is -2.99. The number of anilines is 1. The molecule has 10 N–H and O–H groups in total. The van der Waals surface area contributed by atoms with Gasteiger partial charge in [-0.1, -0.05) is 0 Å². The Morgan fingerprint density at radius 1 is 0.797 bits per heavy atom. The number of halogens is 2. The van der Waals surface area contributed by atoms with E-state index in [9.17, 15) is 80.0 Å². The molecule has 64 heavy (non-hydrogen) atoms. The molecule has 3 aliphatic rings. The van der Waals surface area contributed by atoms with Gasteiger partial charge in [-0.3, -0.25) is 33.5 Å². The van der Waals surface area contributed by atoms with E-state index in [1.807, 2.05) is 4.72 Å². The van der Waals surface area contributed by atoms with E-state index in [0.717, 1.165) is 24.3 Å². The molecule has 0 radical (unpaired) electrons. The number of Topliss-reactive ketones (excluding diaryl/α,β-unsaturated/α-hetero) is 2. The van der Waals surface area contributed by atoms with Crippen LogP contribution in [0.1, 0.15) is 29.6 Å². The molecule has 0 saturated carbocycles. The highest BCUT2D eigenvalue weighted by Crippen LogP contribution is 2.46. The predicted octanol–water partition coefficient (Wildman–Crippen LogP) is -0.746. The fourth-order valence-corrected chi connectivity index (χ4v) is 11.8. The van der Waals surface area contributed by atoms with Gasteiger partial charge in [0.2, 0.25) is 26.0 Å². The zero-order valence-corrected chi connectivity index (χ0v) is 36.0. The van der Waals surface area contributed by atoms with Crippen LogP contribution in [0.25, 0.3) is 33.4 Å². The SMILES string of the molecule is N=c1ccc2c(-c3c(F)ccc(F)c3C(=O)O)c3ccc(N)c4c3oc-2c1S(=O)(=O)NCCCC(=O)C(CS(=O)(=O)O)NC(=O)C(CS(=O)(=O)O)CC(=O)C(CS(=O)(=O)O)NS4(=O)=O. The largest absolute Gasteiger partial charge is 0.478 e. The zero-order chi connectivity index (χ0) is 48.1. The van der Waals surface area contributed by atoms with Crippen molar-refractivity contribution in [1.82, 2.24) is 14.8 Å². The van der Waals surface area contributed by atoms with Crippen LogP contribution in [0.2, 0.25) is 0 Å². The lowest BCUT2D eigenvalue weighted by Crippen LogP contribution is -2.50. The third-order valence-corrected chi connectivity index (χ3v) is 14.8. The summed E-state index contributed by atoms with van der Waals surface area (Å²) in [7, 11) is -26.9. The quantitative estimate of drug-likeness (QED) is 0.0596. The highest BCUT2D eigenvalue weighted by molar-refractivity contribution is 7.90. The number of amides is 1. The number of benzene rings is 3. The molecule has 31 heteroatoms. The van der Waals surface area contributed by atoms with E-state index in [-0.39, 0.29) is 0 Å². The van der Waals surface area contributed by atoms with Crippen molar-refractivity contribution in [1.29, 1.82) is 5.41 Å². The van der Waals surface area contributed by atoms with E-state index < -0.39 is 206 Å². The van der Waals surface area contributed by atoms with E-state index >= 15 is 8.78 Å². The van der Waals surface area contributed by atoms with Crippen molar-refractivity contribution < 1.29 is 93.2 Å². The summed E-state index contributed by atoms with van der Waals surface area (Å²) in [5.74, 6) is -18.6. The molecule has 2 aromatic rings. The summed E-state index contributed by atoms with van der Waals surface area (Å²) in [6, 6.07) is -0.816. The standard InChI is InChI=1S/C33H33F2N5O19S5/c34-17-5-6-18(35)27(33(44)45)26(17)25-15-3-7-19(36)30-28(15)59-29-16(25)4-8-20(37)31(29)64(57,58)40-22(13-62(52,53)54)24(42)10-14(11-60(46,47)48)32(43)39-21(12-61(49,50)51)23(41)2-1-9-38-63(30,55)56/h3-8,14,21-22,36,38,40H,1-2,9-13,37H2,(H,39,43)(H,44,45)(H,46,47,48)(H,49,50,51)(H,52,53,54). The summed E-state index contributed by atoms with van der Waals surface area (Å²) in [6.45, 7) is -0.774. The molecule has 2 aliphatic heterocycles. The Kier molecular flexibility index (Phi) is 13.9. The second-order valence-corrected chi connectivity index (χ2v) is 21.9. The van der Waals surface area contributed by atoms with E-state index in [2.05, 4.69) is 0 Å². The molecule has 348 valence electrons. The molecule has 0 aromatic heterocycles. The Morgan fingerprint density at radius 3 is 1.98 bits per heavy atom. The Bertz CT molecular complexity index is 3250. The van der Waals surface area contributed by atoms with Crippen molar-refractivity contribution in [3.63, 3.8) is 0 Å². The second kappa shape index (κ2) is 17.9. The van der Waals surface area contributed by atoms with Crippen LogP contribution >= 0.6 is 0 Å². The lowest BCUT2D eigenvalue weighted by Gasteiger charge is -2.24. The number of carbonyl (C=O) groups is 4. The predicted molar refractivity (Wildman–Crippen MR) is 213 cm³/mol. The summed E-state index contributed by atoms with van der Waals surface area (Å²) in [5.41, 5.74) is 0.123. The maximum absolute atomic E-state index is 16.0. The molecule has 0 spiro atoms. The van der Waals surface area contributed by atoms with Gasteiger partial charge in [-0.25, -0.2) is 35.1 Å². The number of hydrogen-bond donors (Lipinski definition) is 9. The monoisotopic (exact) mass is 1000 g/mol. The molecule has 1 amide bonds. The topological polar surface area (TPSA) is 419 Å². The first-order valence-corrected chi connectivity index (χ1v) is 25.4. The molecular formula is C33H33F2N5O19S5. The van der Waals surface area contributed by atoms with Crippen LogP contribution in [0, 0.1) is 23.0 Å². The minimum Gasteiger partial charge on any atom is -0.478 e. The number of carboxylic acids is 1. The number of nitrogens with two attached hydrogens (primary N) is 1. The molecular weight excluding hydrogens is 969 g/mol. The van der Waals surface area contributed by atoms with Crippen molar-refractivity contribution in [3.05, 3.63) is 59.0 Å². The molecule has 2 aromatic carbocycles. The van der Waals surface area contributed by atoms with Gasteiger partial charge in [0, 0.05) is 41.5 Å². The summed E-state index contributed by atoms with van der Waals surface area (Å²) in [4.78, 5) is 50.3. The Hall–Kier alpha value is -5.38. The number of carbonyl (C=O) groups excluding carboxylic acids is 3. The molecule has 1 aliphatic carbocycles. The zero-order valence-electron chi connectivity index (χ0n) is 31.9. The minimum absolute atomic E-state index is 0.421. The van der Waals surface area contributed by atoms with E-state index in [0.29, 0.717) is 12.1 Å². The van der Waals surface area contributed by atoms with E-state index in [1.54, 1.807) is 10.0 Å². The third-order valence-electron chi connectivity index (χ3n) is 9.37. The molecule has 0 fully saturated rings. The van der Waals surface area contributed by atoms with Crippen molar-refractivity contribution in [2.45, 2.75) is 41.1 Å². The molecule has 3 unspecified atom stereocenters. The first-order valence-electron chi connectivity index (χ1n) is 17.6. The maximum Gasteiger partial charge on any atom is 0.339 e. The van der Waals surface area contributed by atoms with Gasteiger partial charge >= 0.3 is 5.97 Å².